The van der Waals surface area contributed by atoms with Crippen molar-refractivity contribution >= 4 is 6.21 Å². The number of nitrogens with zero attached hydrogens (tertiary/aromatic N) is 1. The number of aromatic hydroxyl groups is 1. The average molecular weight is 343 g/mol. The molecule has 0 spiro atoms. The van der Waals surface area contributed by atoms with Gasteiger partial charge in [-0.15, -0.1) is 0 Å². The Morgan fingerprint density at radius 2 is 2.08 bits per heavy atom. The lowest BCUT2D eigenvalue weighted by atomic mass is 9.55. The highest BCUT2D eigenvalue weighted by Crippen LogP contribution is 2.61. The van der Waals surface area contributed by atoms with Crippen LogP contribution in [-0.4, -0.2) is 40.8 Å². The van der Waals surface area contributed by atoms with Crippen molar-refractivity contribution in [3.63, 3.8) is 0 Å². The molecule has 0 radical (unpaired) electrons. The molecule has 25 heavy (non-hydrogen) atoms. The predicted molar refractivity (Wildman–Crippen MR) is 98.3 cm³/mol. The van der Waals surface area contributed by atoms with Gasteiger partial charge in [0.15, 0.2) is 0 Å². The predicted octanol–water partition coefficient (Wildman–Crippen LogP) is 3.02. The van der Waals surface area contributed by atoms with Crippen LogP contribution >= 0.6 is 0 Å². The third-order valence-electron chi connectivity index (χ3n) is 7.28. The van der Waals surface area contributed by atoms with Crippen LogP contribution in [0.5, 0.6) is 5.75 Å². The lowest BCUT2D eigenvalue weighted by Gasteiger charge is -2.50. The van der Waals surface area contributed by atoms with Crippen LogP contribution in [0.4, 0.5) is 0 Å². The van der Waals surface area contributed by atoms with E-state index in [0.29, 0.717) is 24.3 Å². The van der Waals surface area contributed by atoms with E-state index in [1.165, 1.54) is 17.5 Å². The summed E-state index contributed by atoms with van der Waals surface area (Å²) in [6, 6.07) is 4.04. The number of benzene rings is 1. The maximum atomic E-state index is 10.5. The molecule has 0 saturated heterocycles. The molecule has 3 N–H and O–H groups in total. The Morgan fingerprint density at radius 3 is 2.88 bits per heavy atom. The molecule has 2 saturated carbocycles. The summed E-state index contributed by atoms with van der Waals surface area (Å²) in [7, 11) is 0. The van der Waals surface area contributed by atoms with Crippen LogP contribution < -0.4 is 0 Å². The van der Waals surface area contributed by atoms with Crippen molar-refractivity contribution in [3.8, 4) is 5.75 Å². The Labute approximate surface area is 149 Å². The van der Waals surface area contributed by atoms with Crippen molar-refractivity contribution in [2.24, 2.45) is 22.2 Å². The molecule has 0 bridgehead atoms. The fraction of sp³-hybridized carbons (Fsp3) is 0.667. The zero-order valence-electron chi connectivity index (χ0n) is 15.0. The molecule has 4 nitrogen and oxygen atoms in total. The van der Waals surface area contributed by atoms with Gasteiger partial charge in [0.1, 0.15) is 5.75 Å². The van der Waals surface area contributed by atoms with Crippen LogP contribution in [0.2, 0.25) is 0 Å². The number of aliphatic imine (C=N–C) groups is 1. The maximum absolute atomic E-state index is 10.5. The highest BCUT2D eigenvalue weighted by atomic mass is 16.3. The summed E-state index contributed by atoms with van der Waals surface area (Å²) in [6.45, 7) is 2.68. The zero-order valence-corrected chi connectivity index (χ0v) is 15.0. The SMILES string of the molecule is C[C@]12CC[C@@H]3c4cc(C=NCCO)c(O)cc4CC[C@H]3[C@@H]1CC[C@@H]2O. The van der Waals surface area contributed by atoms with E-state index >= 15 is 0 Å². The van der Waals surface area contributed by atoms with Crippen LogP contribution in [0.1, 0.15) is 61.6 Å². The van der Waals surface area contributed by atoms with Gasteiger partial charge in [-0.05, 0) is 85.0 Å². The van der Waals surface area contributed by atoms with Gasteiger partial charge < -0.3 is 15.3 Å². The molecule has 0 aromatic heterocycles. The lowest BCUT2D eigenvalue weighted by Crippen LogP contribution is -2.43. The average Bonchev–Trinajstić information content (AvgIpc) is 2.91. The van der Waals surface area contributed by atoms with E-state index in [1.807, 2.05) is 6.07 Å². The highest BCUT2D eigenvalue weighted by molar-refractivity contribution is 5.84. The normalized spacial score (nSPS) is 36.9. The van der Waals surface area contributed by atoms with Gasteiger partial charge in [0, 0.05) is 11.8 Å². The summed E-state index contributed by atoms with van der Waals surface area (Å²) in [5.41, 5.74) is 3.51. The van der Waals surface area contributed by atoms with Crippen molar-refractivity contribution in [2.45, 2.75) is 57.5 Å². The van der Waals surface area contributed by atoms with Crippen molar-refractivity contribution in [2.75, 3.05) is 13.2 Å². The second-order valence-electron chi connectivity index (χ2n) is 8.42. The van der Waals surface area contributed by atoms with E-state index < -0.39 is 0 Å². The molecule has 136 valence electrons. The molecule has 3 aliphatic rings. The topological polar surface area (TPSA) is 73.1 Å². The van der Waals surface area contributed by atoms with E-state index in [1.54, 1.807) is 6.21 Å². The molecule has 0 aliphatic heterocycles. The van der Waals surface area contributed by atoms with E-state index in [2.05, 4.69) is 18.0 Å². The smallest absolute Gasteiger partial charge is 0.124 e. The Hall–Kier alpha value is -1.39. The van der Waals surface area contributed by atoms with Gasteiger partial charge in [0.25, 0.3) is 0 Å². The Kier molecular flexibility index (Phi) is 4.37. The van der Waals surface area contributed by atoms with Gasteiger partial charge in [-0.2, -0.15) is 0 Å². The summed E-state index contributed by atoms with van der Waals surface area (Å²) >= 11 is 0. The summed E-state index contributed by atoms with van der Waals surface area (Å²) in [6.07, 6.45) is 8.04. The quantitative estimate of drug-likeness (QED) is 0.739. The zero-order chi connectivity index (χ0) is 17.6. The number of aryl methyl sites for hydroxylation is 1. The fourth-order valence-corrected chi connectivity index (χ4v) is 5.92. The van der Waals surface area contributed by atoms with Crippen LogP contribution in [0.25, 0.3) is 0 Å². The van der Waals surface area contributed by atoms with E-state index in [9.17, 15) is 10.2 Å². The molecule has 2 fully saturated rings. The number of hydrogen-bond donors (Lipinski definition) is 3. The molecular weight excluding hydrogens is 314 g/mol. The third kappa shape index (κ3) is 2.70. The Morgan fingerprint density at radius 1 is 1.24 bits per heavy atom. The van der Waals surface area contributed by atoms with E-state index in [0.717, 1.165) is 37.7 Å². The summed E-state index contributed by atoms with van der Waals surface area (Å²) < 4.78 is 0. The van der Waals surface area contributed by atoms with Gasteiger partial charge in [-0.3, -0.25) is 4.99 Å². The van der Waals surface area contributed by atoms with Crippen molar-refractivity contribution in [1.82, 2.24) is 0 Å². The lowest BCUT2D eigenvalue weighted by molar-refractivity contribution is -0.0226. The highest BCUT2D eigenvalue weighted by Gasteiger charge is 2.54. The van der Waals surface area contributed by atoms with Crippen molar-refractivity contribution in [3.05, 3.63) is 28.8 Å². The number of aliphatic hydroxyl groups is 2. The first-order valence-electron chi connectivity index (χ1n) is 9.69. The molecule has 3 aliphatic carbocycles. The number of phenolic OH excluding ortho intramolecular Hbond substituents is 1. The first-order chi connectivity index (χ1) is 12.0. The van der Waals surface area contributed by atoms with Gasteiger partial charge in [-0.1, -0.05) is 6.92 Å². The van der Waals surface area contributed by atoms with Gasteiger partial charge in [-0.25, -0.2) is 0 Å². The molecule has 0 heterocycles. The number of hydrogen-bond acceptors (Lipinski definition) is 4. The second kappa shape index (κ2) is 6.40. The molecule has 0 amide bonds. The first-order valence-corrected chi connectivity index (χ1v) is 9.69. The number of aliphatic hydroxyl groups excluding tert-OH is 2. The van der Waals surface area contributed by atoms with Crippen molar-refractivity contribution < 1.29 is 15.3 Å². The minimum Gasteiger partial charge on any atom is -0.507 e. The van der Waals surface area contributed by atoms with E-state index in [-0.39, 0.29) is 23.9 Å². The largest absolute Gasteiger partial charge is 0.507 e. The molecule has 1 aromatic carbocycles. The molecular formula is C21H29NO3. The minimum absolute atomic E-state index is 0.0233. The van der Waals surface area contributed by atoms with Crippen LogP contribution in [0, 0.1) is 17.3 Å². The van der Waals surface area contributed by atoms with Gasteiger partial charge >= 0.3 is 0 Å². The molecule has 1 aromatic rings. The number of phenols is 1. The minimum atomic E-state index is -0.138. The van der Waals surface area contributed by atoms with Crippen molar-refractivity contribution in [1.29, 1.82) is 0 Å². The number of fused-ring (bicyclic) bond motifs is 5. The number of rotatable bonds is 3. The summed E-state index contributed by atoms with van der Waals surface area (Å²) in [5.74, 6) is 2.10. The van der Waals surface area contributed by atoms with Crippen LogP contribution in [0.15, 0.2) is 17.1 Å². The summed E-state index contributed by atoms with van der Waals surface area (Å²) in [4.78, 5) is 4.18. The first kappa shape index (κ1) is 17.0. The molecule has 4 heteroatoms. The molecule has 4 rings (SSSR count). The fourth-order valence-electron chi connectivity index (χ4n) is 5.92. The summed E-state index contributed by atoms with van der Waals surface area (Å²) in [5, 5.41) is 29.7. The van der Waals surface area contributed by atoms with Crippen LogP contribution in [0.3, 0.4) is 0 Å². The van der Waals surface area contributed by atoms with Gasteiger partial charge in [0.05, 0.1) is 19.3 Å². The molecule has 5 atom stereocenters. The second-order valence-corrected chi connectivity index (χ2v) is 8.42. The Balaban J connectivity index is 1.66. The monoisotopic (exact) mass is 343 g/mol. The van der Waals surface area contributed by atoms with E-state index in [4.69, 9.17) is 5.11 Å². The Bertz CT molecular complexity index is 686. The standard InChI is InChI=1S/C21H29NO3/c1-21-7-6-15-16(18(21)4-5-20(21)25)3-2-13-11-19(24)14(10-17(13)15)12-22-8-9-23/h10-12,15-16,18,20,23-25H,2-9H2,1H3/t15-,16+,18-,20-,21-/m0/s1. The van der Waals surface area contributed by atoms with Crippen LogP contribution in [-0.2, 0) is 6.42 Å². The third-order valence-corrected chi connectivity index (χ3v) is 7.28. The maximum Gasteiger partial charge on any atom is 0.124 e. The molecule has 0 unspecified atom stereocenters. The van der Waals surface area contributed by atoms with Gasteiger partial charge in [0.2, 0.25) is 0 Å².